The minimum absolute atomic E-state index is 0.229. The monoisotopic (exact) mass is 292 g/mol. The zero-order valence-corrected chi connectivity index (χ0v) is 13.2. The highest BCUT2D eigenvalue weighted by molar-refractivity contribution is 8.00. The highest BCUT2D eigenvalue weighted by atomic mass is 35.5. The van der Waals surface area contributed by atoms with Crippen molar-refractivity contribution in [3.8, 4) is 0 Å². The number of alkyl halides is 1. The van der Waals surface area contributed by atoms with Crippen LogP contribution in [0, 0.1) is 5.41 Å². The first-order valence-electron chi connectivity index (χ1n) is 7.10. The summed E-state index contributed by atoms with van der Waals surface area (Å²) in [4.78, 5) is 1.48. The molecule has 0 saturated carbocycles. The van der Waals surface area contributed by atoms with Crippen LogP contribution in [-0.2, 0) is 6.42 Å². The summed E-state index contributed by atoms with van der Waals surface area (Å²) in [7, 11) is 0. The van der Waals surface area contributed by atoms with E-state index in [0.29, 0.717) is 10.7 Å². The summed E-state index contributed by atoms with van der Waals surface area (Å²) in [6, 6.07) is 8.82. The number of benzene rings is 1. The van der Waals surface area contributed by atoms with Crippen LogP contribution in [0.3, 0.4) is 0 Å². The topological polar surface area (TPSA) is 0 Å². The van der Waals surface area contributed by atoms with Crippen molar-refractivity contribution in [2.45, 2.75) is 55.1 Å². The van der Waals surface area contributed by atoms with Gasteiger partial charge in [-0.2, -0.15) is 0 Å². The molecule has 19 heavy (non-hydrogen) atoms. The summed E-state index contributed by atoms with van der Waals surface area (Å²) >= 11 is 8.43. The lowest BCUT2D eigenvalue weighted by Crippen LogP contribution is -2.23. The van der Waals surface area contributed by atoms with Crippen LogP contribution in [0.15, 0.2) is 40.8 Å². The van der Waals surface area contributed by atoms with Crippen LogP contribution in [0.25, 0.3) is 0 Å². The molecule has 0 aromatic heterocycles. The normalized spacial score (nSPS) is 28.9. The minimum Gasteiger partial charge on any atom is -0.122 e. The smallest absolute Gasteiger partial charge is 0.0523 e. The molecule has 0 fully saturated rings. The Morgan fingerprint density at radius 3 is 2.84 bits per heavy atom. The van der Waals surface area contributed by atoms with E-state index >= 15 is 0 Å². The van der Waals surface area contributed by atoms with Gasteiger partial charge in [0.2, 0.25) is 0 Å². The summed E-state index contributed by atoms with van der Waals surface area (Å²) < 4.78 is 0. The summed E-state index contributed by atoms with van der Waals surface area (Å²) in [5.74, 6) is 0. The van der Waals surface area contributed by atoms with Crippen molar-refractivity contribution in [3.05, 3.63) is 41.5 Å². The van der Waals surface area contributed by atoms with Gasteiger partial charge >= 0.3 is 0 Å². The average Bonchev–Trinajstić information content (AvgIpc) is 2.67. The van der Waals surface area contributed by atoms with Gasteiger partial charge in [0, 0.05) is 10.1 Å². The first-order valence-corrected chi connectivity index (χ1v) is 8.42. The van der Waals surface area contributed by atoms with Gasteiger partial charge in [-0.25, -0.2) is 0 Å². The zero-order valence-electron chi connectivity index (χ0n) is 11.7. The van der Waals surface area contributed by atoms with Gasteiger partial charge in [-0.05, 0) is 42.7 Å². The van der Waals surface area contributed by atoms with Crippen LogP contribution in [0.4, 0.5) is 0 Å². The Morgan fingerprint density at radius 2 is 2.11 bits per heavy atom. The van der Waals surface area contributed by atoms with E-state index < -0.39 is 0 Å². The van der Waals surface area contributed by atoms with E-state index in [-0.39, 0.29) is 5.38 Å². The lowest BCUT2D eigenvalue weighted by molar-refractivity contribution is 0.318. The zero-order chi connectivity index (χ0) is 13.5. The fourth-order valence-corrected chi connectivity index (χ4v) is 5.36. The van der Waals surface area contributed by atoms with E-state index in [1.807, 2.05) is 11.8 Å². The SMILES string of the molecule is CC1(C)CC(CC2Cc3ccccc3S2)=CC(Cl)C1. The van der Waals surface area contributed by atoms with Gasteiger partial charge in [0.15, 0.2) is 0 Å². The Hall–Kier alpha value is -0.400. The summed E-state index contributed by atoms with van der Waals surface area (Å²) in [6.07, 6.45) is 7.05. The van der Waals surface area contributed by atoms with Crippen LogP contribution in [0.5, 0.6) is 0 Å². The predicted octanol–water partition coefficient (Wildman–Crippen LogP) is 5.45. The highest BCUT2D eigenvalue weighted by Crippen LogP contribution is 2.44. The number of hydrogen-bond acceptors (Lipinski definition) is 1. The molecule has 2 atom stereocenters. The maximum absolute atomic E-state index is 6.39. The van der Waals surface area contributed by atoms with E-state index in [0.717, 1.165) is 6.42 Å². The molecule has 0 spiro atoms. The van der Waals surface area contributed by atoms with E-state index in [1.165, 1.54) is 29.7 Å². The predicted molar refractivity (Wildman–Crippen MR) is 85.1 cm³/mol. The Morgan fingerprint density at radius 1 is 1.32 bits per heavy atom. The van der Waals surface area contributed by atoms with Gasteiger partial charge in [-0.15, -0.1) is 23.4 Å². The van der Waals surface area contributed by atoms with E-state index in [1.54, 1.807) is 5.57 Å². The van der Waals surface area contributed by atoms with E-state index in [2.05, 4.69) is 44.2 Å². The maximum atomic E-state index is 6.39. The number of halogens is 1. The molecule has 2 heteroatoms. The number of hydrogen-bond donors (Lipinski definition) is 0. The molecule has 2 unspecified atom stereocenters. The third-order valence-electron chi connectivity index (χ3n) is 4.07. The molecule has 0 radical (unpaired) electrons. The van der Waals surface area contributed by atoms with E-state index in [9.17, 15) is 0 Å². The molecule has 0 amide bonds. The van der Waals surface area contributed by atoms with Crippen LogP contribution in [-0.4, -0.2) is 10.6 Å². The molecule has 1 aliphatic carbocycles. The molecule has 1 aromatic rings. The largest absolute Gasteiger partial charge is 0.122 e. The van der Waals surface area contributed by atoms with E-state index in [4.69, 9.17) is 11.6 Å². The molecule has 0 N–H and O–H groups in total. The number of rotatable bonds is 2. The second-order valence-electron chi connectivity index (χ2n) is 6.64. The molecule has 3 rings (SSSR count). The van der Waals surface area contributed by atoms with Crippen molar-refractivity contribution in [3.63, 3.8) is 0 Å². The van der Waals surface area contributed by atoms with Crippen LogP contribution in [0.2, 0.25) is 0 Å². The Labute approximate surface area is 125 Å². The first kappa shape index (κ1) is 13.6. The van der Waals surface area contributed by atoms with Gasteiger partial charge in [-0.1, -0.05) is 43.7 Å². The van der Waals surface area contributed by atoms with Crippen molar-refractivity contribution >= 4 is 23.4 Å². The standard InChI is InChI=1S/C17H21ClS/c1-17(2)10-12(7-14(18)11-17)8-15-9-13-5-3-4-6-16(13)19-15/h3-7,14-15H,8-11H2,1-2H3. The van der Waals surface area contributed by atoms with Crippen LogP contribution in [0.1, 0.15) is 38.7 Å². The summed E-state index contributed by atoms with van der Waals surface area (Å²) in [5.41, 5.74) is 3.46. The van der Waals surface area contributed by atoms with Gasteiger partial charge in [-0.3, -0.25) is 0 Å². The fourth-order valence-electron chi connectivity index (χ4n) is 3.39. The van der Waals surface area contributed by atoms with Crippen molar-refractivity contribution < 1.29 is 0 Å². The molecule has 0 saturated heterocycles. The lowest BCUT2D eigenvalue weighted by atomic mass is 9.76. The van der Waals surface area contributed by atoms with Gasteiger partial charge in [0.25, 0.3) is 0 Å². The Bertz CT molecular complexity index is 479. The second-order valence-corrected chi connectivity index (χ2v) is 8.54. The molecule has 102 valence electrons. The quantitative estimate of drug-likeness (QED) is 0.516. The third-order valence-corrected chi connectivity index (χ3v) is 5.67. The molecule has 0 bridgehead atoms. The van der Waals surface area contributed by atoms with Crippen molar-refractivity contribution in [2.75, 3.05) is 0 Å². The molecule has 1 heterocycles. The number of fused-ring (bicyclic) bond motifs is 1. The van der Waals surface area contributed by atoms with Crippen molar-refractivity contribution in [1.29, 1.82) is 0 Å². The molecule has 2 aliphatic rings. The molecule has 1 aliphatic heterocycles. The molecular weight excluding hydrogens is 272 g/mol. The van der Waals surface area contributed by atoms with Crippen LogP contribution >= 0.6 is 23.4 Å². The third kappa shape index (κ3) is 3.20. The Kier molecular flexibility index (Phi) is 3.70. The van der Waals surface area contributed by atoms with Crippen molar-refractivity contribution in [1.82, 2.24) is 0 Å². The van der Waals surface area contributed by atoms with Gasteiger partial charge in [0.1, 0.15) is 0 Å². The lowest BCUT2D eigenvalue weighted by Gasteiger charge is -2.33. The van der Waals surface area contributed by atoms with Gasteiger partial charge < -0.3 is 0 Å². The number of thioether (sulfide) groups is 1. The maximum Gasteiger partial charge on any atom is 0.0523 e. The molecule has 0 nitrogen and oxygen atoms in total. The summed E-state index contributed by atoms with van der Waals surface area (Å²) in [5, 5.41) is 0.939. The van der Waals surface area contributed by atoms with Crippen molar-refractivity contribution in [2.24, 2.45) is 5.41 Å². The highest BCUT2D eigenvalue weighted by Gasteiger charge is 2.30. The molecular formula is C17H21ClS. The van der Waals surface area contributed by atoms with Crippen LogP contribution < -0.4 is 0 Å². The van der Waals surface area contributed by atoms with Gasteiger partial charge in [0.05, 0.1) is 5.38 Å². The minimum atomic E-state index is 0.229. The second kappa shape index (κ2) is 5.18. The number of allylic oxidation sites excluding steroid dienone is 2. The Balaban J connectivity index is 1.68. The fraction of sp³-hybridized carbons (Fsp3) is 0.529. The summed E-state index contributed by atoms with van der Waals surface area (Å²) in [6.45, 7) is 4.68. The first-order chi connectivity index (χ1) is 9.02. The molecule has 1 aromatic carbocycles. The average molecular weight is 293 g/mol.